The van der Waals surface area contributed by atoms with Crippen LogP contribution in [-0.2, 0) is 27.9 Å². The number of fused-ring (bicyclic) bond motifs is 1. The third kappa shape index (κ3) is 4.16. The minimum Gasteiger partial charge on any atom is -0.482 e. The zero-order valence-corrected chi connectivity index (χ0v) is 16.6. The van der Waals surface area contributed by atoms with Crippen LogP contribution in [0, 0.1) is 12.7 Å². The normalized spacial score (nSPS) is 13.8. The highest BCUT2D eigenvalue weighted by Gasteiger charge is 2.29. The van der Waals surface area contributed by atoms with Gasteiger partial charge in [0, 0.05) is 13.5 Å². The Morgan fingerprint density at radius 2 is 1.97 bits per heavy atom. The van der Waals surface area contributed by atoms with Gasteiger partial charge in [0.25, 0.3) is 5.91 Å². The Kier molecular flexibility index (Phi) is 5.22. The van der Waals surface area contributed by atoms with Crippen molar-refractivity contribution in [2.75, 3.05) is 11.5 Å². The summed E-state index contributed by atoms with van der Waals surface area (Å²) in [5, 5.41) is 3.78. The Hall–Kier alpha value is -3.31. The molecule has 0 aliphatic carbocycles. The van der Waals surface area contributed by atoms with Crippen LogP contribution in [0.4, 0.5) is 10.1 Å². The van der Waals surface area contributed by atoms with Gasteiger partial charge in [-0.25, -0.2) is 17.5 Å². The van der Waals surface area contributed by atoms with E-state index in [0.29, 0.717) is 22.9 Å². The molecule has 3 aromatic rings. The highest BCUT2D eigenvalue weighted by atomic mass is 32.2. The number of hydrogen-bond donors (Lipinski definition) is 1. The number of hydrogen-bond acceptors (Lipinski definition) is 7. The van der Waals surface area contributed by atoms with Crippen molar-refractivity contribution in [3.8, 4) is 5.75 Å². The lowest BCUT2D eigenvalue weighted by Gasteiger charge is -2.28. The summed E-state index contributed by atoms with van der Waals surface area (Å²) < 4.78 is 51.3. The van der Waals surface area contributed by atoms with E-state index in [0.717, 1.165) is 0 Å². The molecule has 9 nitrogen and oxygen atoms in total. The van der Waals surface area contributed by atoms with Crippen LogP contribution in [0.3, 0.4) is 0 Å². The molecule has 1 aromatic heterocycles. The summed E-state index contributed by atoms with van der Waals surface area (Å²) in [7, 11) is -3.90. The topological polar surface area (TPSA) is 115 Å². The third-order valence-electron chi connectivity index (χ3n) is 4.43. The van der Waals surface area contributed by atoms with Gasteiger partial charge in [-0.1, -0.05) is 17.3 Å². The van der Waals surface area contributed by atoms with E-state index < -0.39 is 15.8 Å². The average Bonchev–Trinajstić information content (AvgIpc) is 3.14. The summed E-state index contributed by atoms with van der Waals surface area (Å²) in [6.07, 6.45) is 0. The Bertz CT molecular complexity index is 1190. The van der Waals surface area contributed by atoms with E-state index in [9.17, 15) is 17.6 Å². The molecule has 0 fully saturated rings. The van der Waals surface area contributed by atoms with Crippen LogP contribution in [0.15, 0.2) is 51.9 Å². The number of nitrogens with one attached hydrogen (secondary N) is 1. The van der Waals surface area contributed by atoms with Crippen molar-refractivity contribution < 1.29 is 26.9 Å². The summed E-state index contributed by atoms with van der Waals surface area (Å²) >= 11 is 0. The van der Waals surface area contributed by atoms with Gasteiger partial charge in [-0.3, -0.25) is 9.69 Å². The summed E-state index contributed by atoms with van der Waals surface area (Å²) in [5.41, 5.74) is 0.893. The molecule has 4 rings (SSSR count). The molecule has 0 atom stereocenters. The lowest BCUT2D eigenvalue weighted by atomic mass is 10.2. The highest BCUT2D eigenvalue weighted by Crippen LogP contribution is 2.35. The van der Waals surface area contributed by atoms with Crippen LogP contribution >= 0.6 is 0 Å². The van der Waals surface area contributed by atoms with Crippen LogP contribution in [0.2, 0.25) is 0 Å². The molecule has 156 valence electrons. The predicted octanol–water partition coefficient (Wildman–Crippen LogP) is 1.92. The Morgan fingerprint density at radius 3 is 2.67 bits per heavy atom. The average molecular weight is 432 g/mol. The van der Waals surface area contributed by atoms with E-state index in [1.165, 1.54) is 47.4 Å². The SMILES string of the molecule is Cc1nc(CN2C(=O)COc3ccc(S(=O)(=O)NCc4ccc(F)cc4)cc32)no1. The number of halogens is 1. The quantitative estimate of drug-likeness (QED) is 0.633. The van der Waals surface area contributed by atoms with Gasteiger partial charge < -0.3 is 9.26 Å². The Labute approximate surface area is 171 Å². The molecule has 0 bridgehead atoms. The molecule has 1 N–H and O–H groups in total. The number of nitrogens with zero attached hydrogens (tertiary/aromatic N) is 3. The van der Waals surface area contributed by atoms with Crippen molar-refractivity contribution >= 4 is 21.6 Å². The van der Waals surface area contributed by atoms with E-state index in [1.807, 2.05) is 0 Å². The maximum Gasteiger partial charge on any atom is 0.265 e. The number of ether oxygens (including phenoxy) is 1. The molecular formula is C19H17FN4O5S. The second-order valence-corrected chi connectivity index (χ2v) is 8.35. The molecule has 30 heavy (non-hydrogen) atoms. The fourth-order valence-electron chi connectivity index (χ4n) is 2.93. The summed E-state index contributed by atoms with van der Waals surface area (Å²) in [5.74, 6) is 0.243. The van der Waals surface area contributed by atoms with Crippen molar-refractivity contribution in [1.29, 1.82) is 0 Å². The van der Waals surface area contributed by atoms with Gasteiger partial charge in [0.2, 0.25) is 15.9 Å². The number of benzene rings is 2. The second kappa shape index (κ2) is 7.84. The van der Waals surface area contributed by atoms with Gasteiger partial charge in [-0.2, -0.15) is 4.98 Å². The number of amides is 1. The van der Waals surface area contributed by atoms with Gasteiger partial charge in [0.05, 0.1) is 17.1 Å². The van der Waals surface area contributed by atoms with Crippen LogP contribution in [0.25, 0.3) is 0 Å². The van der Waals surface area contributed by atoms with Crippen LogP contribution in [0.5, 0.6) is 5.75 Å². The number of carbonyl (C=O) groups excluding carboxylic acids is 1. The number of rotatable bonds is 6. The van der Waals surface area contributed by atoms with Crippen LogP contribution in [-0.4, -0.2) is 31.1 Å². The fraction of sp³-hybridized carbons (Fsp3) is 0.211. The van der Waals surface area contributed by atoms with Gasteiger partial charge in [-0.05, 0) is 35.9 Å². The second-order valence-electron chi connectivity index (χ2n) is 6.58. The lowest BCUT2D eigenvalue weighted by molar-refractivity contribution is -0.121. The first-order valence-corrected chi connectivity index (χ1v) is 10.4. The van der Waals surface area contributed by atoms with Crippen molar-refractivity contribution in [3.05, 3.63) is 65.6 Å². The van der Waals surface area contributed by atoms with Gasteiger partial charge >= 0.3 is 0 Å². The number of carbonyl (C=O) groups is 1. The van der Waals surface area contributed by atoms with E-state index in [-0.39, 0.29) is 36.3 Å². The first kappa shape index (κ1) is 20.0. The minimum atomic E-state index is -3.90. The molecule has 1 aliphatic heterocycles. The molecule has 2 aromatic carbocycles. The zero-order valence-electron chi connectivity index (χ0n) is 15.8. The first-order valence-electron chi connectivity index (χ1n) is 8.92. The predicted molar refractivity (Wildman–Crippen MR) is 103 cm³/mol. The van der Waals surface area contributed by atoms with Crippen molar-refractivity contribution in [3.63, 3.8) is 0 Å². The number of sulfonamides is 1. The van der Waals surface area contributed by atoms with Crippen LogP contribution < -0.4 is 14.4 Å². The largest absolute Gasteiger partial charge is 0.482 e. The Morgan fingerprint density at radius 1 is 1.20 bits per heavy atom. The zero-order chi connectivity index (χ0) is 21.3. The minimum absolute atomic E-state index is 0.0129. The van der Waals surface area contributed by atoms with Gasteiger partial charge in [0.1, 0.15) is 11.6 Å². The van der Waals surface area contributed by atoms with E-state index in [2.05, 4.69) is 14.9 Å². The monoisotopic (exact) mass is 432 g/mol. The third-order valence-corrected chi connectivity index (χ3v) is 5.83. The lowest BCUT2D eigenvalue weighted by Crippen LogP contribution is -2.38. The fourth-order valence-corrected chi connectivity index (χ4v) is 3.97. The Balaban J connectivity index is 1.59. The number of anilines is 1. The molecule has 0 spiro atoms. The molecule has 11 heteroatoms. The van der Waals surface area contributed by atoms with Crippen molar-refractivity contribution in [2.45, 2.75) is 24.9 Å². The summed E-state index contributed by atoms with van der Waals surface area (Å²) in [6.45, 7) is 1.45. The standard InChI is InChI=1S/C19H17FN4O5S/c1-12-22-18(23-29-12)10-24-16-8-15(6-7-17(16)28-11-19(24)25)30(26,27)21-9-13-2-4-14(20)5-3-13/h2-8,21H,9-11H2,1H3. The summed E-state index contributed by atoms with van der Waals surface area (Å²) in [4.78, 5) is 17.8. The first-order chi connectivity index (χ1) is 14.3. The molecule has 1 aliphatic rings. The molecule has 1 amide bonds. The van der Waals surface area contributed by atoms with Gasteiger partial charge in [0.15, 0.2) is 12.4 Å². The van der Waals surface area contributed by atoms with Crippen molar-refractivity contribution in [1.82, 2.24) is 14.9 Å². The molecule has 0 saturated heterocycles. The molecule has 2 heterocycles. The van der Waals surface area contributed by atoms with E-state index in [1.54, 1.807) is 6.92 Å². The van der Waals surface area contributed by atoms with Crippen molar-refractivity contribution in [2.24, 2.45) is 0 Å². The van der Waals surface area contributed by atoms with Crippen LogP contribution in [0.1, 0.15) is 17.3 Å². The highest BCUT2D eigenvalue weighted by molar-refractivity contribution is 7.89. The molecule has 0 radical (unpaired) electrons. The molecule has 0 unspecified atom stereocenters. The smallest absolute Gasteiger partial charge is 0.265 e. The summed E-state index contributed by atoms with van der Waals surface area (Å²) in [6, 6.07) is 9.72. The molecular weight excluding hydrogens is 415 g/mol. The van der Waals surface area contributed by atoms with E-state index in [4.69, 9.17) is 9.26 Å². The maximum atomic E-state index is 13.0. The van der Waals surface area contributed by atoms with E-state index >= 15 is 0 Å². The number of aromatic nitrogens is 2. The molecule has 0 saturated carbocycles. The number of aryl methyl sites for hydroxylation is 1. The van der Waals surface area contributed by atoms with Gasteiger partial charge in [-0.15, -0.1) is 0 Å². The maximum absolute atomic E-state index is 13.0.